The largest absolute Gasteiger partial charge is 0.361 e. The predicted octanol–water partition coefficient (Wildman–Crippen LogP) is 3.15. The number of aromatic nitrogens is 1. The summed E-state index contributed by atoms with van der Waals surface area (Å²) in [5.74, 6) is 0.0335. The van der Waals surface area contributed by atoms with Gasteiger partial charge in [-0.25, -0.2) is 4.39 Å². The van der Waals surface area contributed by atoms with Crippen LogP contribution in [0.1, 0.15) is 31.7 Å². The molecule has 1 aromatic heterocycles. The maximum atomic E-state index is 13.2. The highest BCUT2D eigenvalue weighted by Crippen LogP contribution is 2.28. The van der Waals surface area contributed by atoms with Crippen molar-refractivity contribution >= 4 is 10.9 Å². The highest BCUT2D eigenvalue weighted by atomic mass is 19.1. The van der Waals surface area contributed by atoms with Crippen LogP contribution in [0.15, 0.2) is 24.4 Å². The fourth-order valence-corrected chi connectivity index (χ4v) is 2.08. The van der Waals surface area contributed by atoms with Gasteiger partial charge in [0, 0.05) is 23.1 Å². The molecule has 0 aliphatic carbocycles. The topological polar surface area (TPSA) is 41.8 Å². The first-order chi connectivity index (χ1) is 7.63. The number of halogens is 1. The molecule has 0 unspecified atom stereocenters. The molecule has 0 aliphatic rings. The first-order valence-corrected chi connectivity index (χ1v) is 5.65. The molecule has 3 N–H and O–H groups in total. The number of hydrogen-bond acceptors (Lipinski definition) is 1. The zero-order chi connectivity index (χ0) is 11.7. The van der Waals surface area contributed by atoms with Gasteiger partial charge in [-0.05, 0) is 36.1 Å². The van der Waals surface area contributed by atoms with Gasteiger partial charge in [-0.15, -0.1) is 0 Å². The van der Waals surface area contributed by atoms with Crippen molar-refractivity contribution in [1.29, 1.82) is 0 Å². The fraction of sp³-hybridized carbons (Fsp3) is 0.385. The van der Waals surface area contributed by atoms with Crippen molar-refractivity contribution in [2.24, 2.45) is 5.73 Å². The molecule has 86 valence electrons. The van der Waals surface area contributed by atoms with E-state index in [4.69, 9.17) is 5.73 Å². The van der Waals surface area contributed by atoms with E-state index in [1.165, 1.54) is 6.07 Å². The number of nitrogens with two attached hydrogens (primary N) is 1. The highest BCUT2D eigenvalue weighted by Gasteiger charge is 2.16. The van der Waals surface area contributed by atoms with Crippen LogP contribution in [-0.4, -0.2) is 11.0 Å². The van der Waals surface area contributed by atoms with Gasteiger partial charge in [0.15, 0.2) is 0 Å². The second-order valence-electron chi connectivity index (χ2n) is 4.29. The Bertz CT molecular complexity index is 490. The van der Waals surface area contributed by atoms with Gasteiger partial charge in [0.2, 0.25) is 0 Å². The van der Waals surface area contributed by atoms with E-state index in [1.807, 2.05) is 6.20 Å². The SMILES string of the molecule is CC[C@@H](N)[C@@H](C)c1c[nH]c2ccc(F)cc12. The summed E-state index contributed by atoms with van der Waals surface area (Å²) < 4.78 is 13.2. The monoisotopic (exact) mass is 220 g/mol. The Kier molecular flexibility index (Phi) is 2.97. The molecule has 1 heterocycles. The molecule has 2 nitrogen and oxygen atoms in total. The molecule has 2 aromatic rings. The molecule has 0 amide bonds. The van der Waals surface area contributed by atoms with Gasteiger partial charge in [0.05, 0.1) is 0 Å². The summed E-state index contributed by atoms with van der Waals surface area (Å²) in [6.07, 6.45) is 2.85. The van der Waals surface area contributed by atoms with Gasteiger partial charge in [-0.3, -0.25) is 0 Å². The van der Waals surface area contributed by atoms with E-state index in [2.05, 4.69) is 18.8 Å². The Hall–Kier alpha value is -1.35. The van der Waals surface area contributed by atoms with E-state index in [9.17, 15) is 4.39 Å². The highest BCUT2D eigenvalue weighted by molar-refractivity contribution is 5.83. The third kappa shape index (κ3) is 1.83. The van der Waals surface area contributed by atoms with Gasteiger partial charge in [0.1, 0.15) is 5.82 Å². The van der Waals surface area contributed by atoms with Gasteiger partial charge in [-0.1, -0.05) is 13.8 Å². The van der Waals surface area contributed by atoms with Crippen molar-refractivity contribution in [2.75, 3.05) is 0 Å². The summed E-state index contributed by atoms with van der Waals surface area (Å²) in [5.41, 5.74) is 8.09. The third-order valence-corrected chi connectivity index (χ3v) is 3.28. The van der Waals surface area contributed by atoms with Crippen LogP contribution in [-0.2, 0) is 0 Å². The van der Waals surface area contributed by atoms with E-state index in [0.717, 1.165) is 22.9 Å². The number of rotatable bonds is 3. The number of fused-ring (bicyclic) bond motifs is 1. The second-order valence-corrected chi connectivity index (χ2v) is 4.29. The molecule has 0 saturated heterocycles. The summed E-state index contributed by atoms with van der Waals surface area (Å²) in [7, 11) is 0. The third-order valence-electron chi connectivity index (χ3n) is 3.28. The first kappa shape index (κ1) is 11.1. The number of hydrogen-bond donors (Lipinski definition) is 2. The molecule has 0 aliphatic heterocycles. The van der Waals surface area contributed by atoms with Crippen LogP contribution in [0.25, 0.3) is 10.9 Å². The van der Waals surface area contributed by atoms with Crippen molar-refractivity contribution in [3.8, 4) is 0 Å². The number of aromatic amines is 1. The average molecular weight is 220 g/mol. The Balaban J connectivity index is 2.48. The predicted molar refractivity (Wildman–Crippen MR) is 64.9 cm³/mol. The quantitative estimate of drug-likeness (QED) is 0.819. The molecular formula is C13H17FN2. The lowest BCUT2D eigenvalue weighted by molar-refractivity contribution is 0.554. The second kappa shape index (κ2) is 4.26. The first-order valence-electron chi connectivity index (χ1n) is 5.65. The van der Waals surface area contributed by atoms with Crippen LogP contribution in [0.3, 0.4) is 0 Å². The molecule has 0 spiro atoms. The van der Waals surface area contributed by atoms with Crippen LogP contribution in [0.2, 0.25) is 0 Å². The van der Waals surface area contributed by atoms with E-state index in [0.29, 0.717) is 0 Å². The standard InChI is InChI=1S/C13H17FN2/c1-3-12(15)8(2)11-7-16-13-5-4-9(14)6-10(11)13/h4-8,12,16H,3,15H2,1-2H3/t8-,12+/m0/s1. The van der Waals surface area contributed by atoms with Crippen LogP contribution < -0.4 is 5.73 Å². The van der Waals surface area contributed by atoms with Crippen LogP contribution in [0, 0.1) is 5.82 Å². The fourth-order valence-electron chi connectivity index (χ4n) is 2.08. The lowest BCUT2D eigenvalue weighted by atomic mass is 9.92. The minimum atomic E-state index is -0.203. The summed E-state index contributed by atoms with van der Waals surface area (Å²) in [6.45, 7) is 4.15. The van der Waals surface area contributed by atoms with E-state index in [-0.39, 0.29) is 17.8 Å². The Morgan fingerprint density at radius 3 is 2.88 bits per heavy atom. The van der Waals surface area contributed by atoms with E-state index < -0.39 is 0 Å². The van der Waals surface area contributed by atoms with Crippen molar-refractivity contribution in [3.05, 3.63) is 35.8 Å². The Morgan fingerprint density at radius 1 is 1.44 bits per heavy atom. The number of benzene rings is 1. The molecule has 0 radical (unpaired) electrons. The number of H-pyrrole nitrogens is 1. The molecule has 0 fully saturated rings. The lowest BCUT2D eigenvalue weighted by Crippen LogP contribution is -2.25. The Labute approximate surface area is 94.7 Å². The molecule has 0 saturated carbocycles. The van der Waals surface area contributed by atoms with Gasteiger partial charge < -0.3 is 10.7 Å². The lowest BCUT2D eigenvalue weighted by Gasteiger charge is -2.17. The zero-order valence-corrected chi connectivity index (χ0v) is 9.63. The summed E-state index contributed by atoms with van der Waals surface area (Å²) in [4.78, 5) is 3.15. The molecular weight excluding hydrogens is 203 g/mol. The number of nitrogens with one attached hydrogen (secondary N) is 1. The zero-order valence-electron chi connectivity index (χ0n) is 9.63. The normalized spacial score (nSPS) is 15.2. The van der Waals surface area contributed by atoms with Crippen molar-refractivity contribution < 1.29 is 4.39 Å². The molecule has 1 aromatic carbocycles. The minimum Gasteiger partial charge on any atom is -0.361 e. The smallest absolute Gasteiger partial charge is 0.123 e. The molecule has 2 atom stereocenters. The maximum Gasteiger partial charge on any atom is 0.123 e. The molecule has 2 rings (SSSR count). The van der Waals surface area contributed by atoms with E-state index in [1.54, 1.807) is 12.1 Å². The average Bonchev–Trinajstić information content (AvgIpc) is 2.69. The van der Waals surface area contributed by atoms with Gasteiger partial charge in [-0.2, -0.15) is 0 Å². The summed E-state index contributed by atoms with van der Waals surface area (Å²) in [6, 6.07) is 4.91. The summed E-state index contributed by atoms with van der Waals surface area (Å²) in [5, 5.41) is 0.941. The summed E-state index contributed by atoms with van der Waals surface area (Å²) >= 11 is 0. The molecule has 16 heavy (non-hydrogen) atoms. The van der Waals surface area contributed by atoms with Crippen LogP contribution >= 0.6 is 0 Å². The van der Waals surface area contributed by atoms with Crippen molar-refractivity contribution in [2.45, 2.75) is 32.2 Å². The van der Waals surface area contributed by atoms with Gasteiger partial charge in [0.25, 0.3) is 0 Å². The molecule has 0 bridgehead atoms. The van der Waals surface area contributed by atoms with Crippen molar-refractivity contribution in [1.82, 2.24) is 4.98 Å². The van der Waals surface area contributed by atoms with Crippen molar-refractivity contribution in [3.63, 3.8) is 0 Å². The van der Waals surface area contributed by atoms with Crippen LogP contribution in [0.5, 0.6) is 0 Å². The minimum absolute atomic E-state index is 0.113. The molecule has 3 heteroatoms. The Morgan fingerprint density at radius 2 is 2.19 bits per heavy atom. The maximum absolute atomic E-state index is 13.2. The van der Waals surface area contributed by atoms with Crippen LogP contribution in [0.4, 0.5) is 4.39 Å². The van der Waals surface area contributed by atoms with E-state index >= 15 is 0 Å². The van der Waals surface area contributed by atoms with Gasteiger partial charge >= 0.3 is 0 Å².